The zero-order valence-electron chi connectivity index (χ0n) is 11.1. The summed E-state index contributed by atoms with van der Waals surface area (Å²) in [4.78, 5) is 11.9. The number of fused-ring (bicyclic) bond motifs is 1. The molecule has 2 aromatic carbocycles. The Bertz CT molecular complexity index is 703. The summed E-state index contributed by atoms with van der Waals surface area (Å²) >= 11 is 0. The molecule has 1 aliphatic heterocycles. The number of ether oxygens (including phenoxy) is 1. The fourth-order valence-electron chi connectivity index (χ4n) is 2.26. The monoisotopic (exact) mass is 308 g/mol. The number of para-hydroxylation sites is 2. The normalized spacial score (nSPS) is 21.0. The molecule has 2 N–H and O–H groups in total. The van der Waals surface area contributed by atoms with Crippen LogP contribution in [-0.2, 0) is 5.72 Å². The maximum Gasteiger partial charge on any atom is 0.453 e. The van der Waals surface area contributed by atoms with Crippen molar-refractivity contribution in [2.75, 3.05) is 5.32 Å². The van der Waals surface area contributed by atoms with Gasteiger partial charge in [0.15, 0.2) is 0 Å². The Kier molecular flexibility index (Phi) is 3.20. The lowest BCUT2D eigenvalue weighted by Gasteiger charge is -2.35. The lowest BCUT2D eigenvalue weighted by atomic mass is 10.0. The molecule has 3 rings (SSSR count). The molecule has 1 aliphatic rings. The minimum atomic E-state index is -4.86. The highest BCUT2D eigenvalue weighted by Gasteiger charge is 2.61. The van der Waals surface area contributed by atoms with E-state index in [0.717, 1.165) is 0 Å². The number of halogens is 3. The van der Waals surface area contributed by atoms with Crippen molar-refractivity contribution in [2.45, 2.75) is 11.9 Å². The van der Waals surface area contributed by atoms with Crippen molar-refractivity contribution in [3.8, 4) is 5.75 Å². The quantitative estimate of drug-likeness (QED) is 0.845. The van der Waals surface area contributed by atoms with Gasteiger partial charge in [-0.3, -0.25) is 5.32 Å². The van der Waals surface area contributed by atoms with Crippen molar-refractivity contribution < 1.29 is 22.7 Å². The second-order valence-corrected chi connectivity index (χ2v) is 4.72. The number of carbonyl (C=O) groups is 1. The molecule has 0 radical (unpaired) electrons. The first kappa shape index (κ1) is 14.2. The van der Waals surface area contributed by atoms with Crippen LogP contribution in [0.15, 0.2) is 54.6 Å². The van der Waals surface area contributed by atoms with Crippen LogP contribution < -0.4 is 15.4 Å². The molecule has 0 saturated heterocycles. The van der Waals surface area contributed by atoms with E-state index in [1.54, 1.807) is 12.1 Å². The van der Waals surface area contributed by atoms with Gasteiger partial charge in [0.2, 0.25) is 0 Å². The van der Waals surface area contributed by atoms with Crippen LogP contribution in [0.25, 0.3) is 0 Å². The number of benzene rings is 2. The van der Waals surface area contributed by atoms with Gasteiger partial charge in [-0.25, -0.2) is 4.79 Å². The smallest absolute Gasteiger partial charge is 0.452 e. The molecule has 1 unspecified atom stereocenters. The highest BCUT2D eigenvalue weighted by Crippen LogP contribution is 2.43. The Labute approximate surface area is 123 Å². The van der Waals surface area contributed by atoms with Gasteiger partial charge in [0.25, 0.3) is 0 Å². The van der Waals surface area contributed by atoms with E-state index >= 15 is 0 Å². The van der Waals surface area contributed by atoms with Gasteiger partial charge in [0.05, 0.1) is 5.69 Å². The van der Waals surface area contributed by atoms with Crippen LogP contribution in [0.2, 0.25) is 0 Å². The van der Waals surface area contributed by atoms with Crippen LogP contribution in [0.4, 0.5) is 23.7 Å². The highest BCUT2D eigenvalue weighted by molar-refractivity contribution is 5.92. The van der Waals surface area contributed by atoms with Gasteiger partial charge in [-0.1, -0.05) is 42.5 Å². The number of hydrogen-bond donors (Lipinski definition) is 2. The van der Waals surface area contributed by atoms with Crippen LogP contribution >= 0.6 is 0 Å². The van der Waals surface area contributed by atoms with Gasteiger partial charge in [-0.2, -0.15) is 13.2 Å². The van der Waals surface area contributed by atoms with Crippen molar-refractivity contribution in [3.05, 3.63) is 60.2 Å². The lowest BCUT2D eigenvalue weighted by Crippen LogP contribution is -2.59. The fourth-order valence-corrected chi connectivity index (χ4v) is 2.26. The van der Waals surface area contributed by atoms with E-state index in [-0.39, 0.29) is 17.0 Å². The standard InChI is InChI=1S/C15H11F3N2O2/c16-15(17,18)14(10-6-2-1-3-7-10)20-13(21)19-11-8-4-5-9-12(11)22-14/h1-9H,(H2,19,20,21). The van der Waals surface area contributed by atoms with Crippen LogP contribution in [-0.4, -0.2) is 12.2 Å². The minimum absolute atomic E-state index is 0.0676. The molecule has 22 heavy (non-hydrogen) atoms. The lowest BCUT2D eigenvalue weighted by molar-refractivity contribution is -0.261. The molecule has 0 saturated carbocycles. The van der Waals surface area contributed by atoms with Crippen molar-refractivity contribution in [1.82, 2.24) is 5.32 Å². The zero-order valence-corrected chi connectivity index (χ0v) is 11.1. The molecule has 1 atom stereocenters. The summed E-state index contributed by atoms with van der Waals surface area (Å²) in [7, 11) is 0. The molecule has 114 valence electrons. The Morgan fingerprint density at radius 3 is 2.27 bits per heavy atom. The second kappa shape index (κ2) is 4.94. The zero-order chi connectivity index (χ0) is 15.8. The molecule has 4 nitrogen and oxygen atoms in total. The van der Waals surface area contributed by atoms with Crippen molar-refractivity contribution in [3.63, 3.8) is 0 Å². The number of alkyl halides is 3. The van der Waals surface area contributed by atoms with Crippen molar-refractivity contribution in [1.29, 1.82) is 0 Å². The number of hydrogen-bond acceptors (Lipinski definition) is 2. The average molecular weight is 308 g/mol. The topological polar surface area (TPSA) is 50.4 Å². The Balaban J connectivity index is 2.20. The maximum absolute atomic E-state index is 13.8. The number of nitrogens with one attached hydrogen (secondary N) is 2. The molecule has 2 amide bonds. The van der Waals surface area contributed by atoms with Gasteiger partial charge in [-0.15, -0.1) is 0 Å². The van der Waals surface area contributed by atoms with E-state index in [4.69, 9.17) is 4.74 Å². The first-order chi connectivity index (χ1) is 10.4. The molecule has 0 bridgehead atoms. The van der Waals surface area contributed by atoms with Gasteiger partial charge in [-0.05, 0) is 12.1 Å². The maximum atomic E-state index is 13.8. The highest BCUT2D eigenvalue weighted by atomic mass is 19.4. The summed E-state index contributed by atoms with van der Waals surface area (Å²) in [5.74, 6) is -0.0676. The van der Waals surface area contributed by atoms with E-state index in [2.05, 4.69) is 5.32 Å². The minimum Gasteiger partial charge on any atom is -0.452 e. The van der Waals surface area contributed by atoms with E-state index < -0.39 is 17.9 Å². The molecule has 2 aromatic rings. The third-order valence-corrected chi connectivity index (χ3v) is 3.27. The fraction of sp³-hybridized carbons (Fsp3) is 0.133. The van der Waals surface area contributed by atoms with Gasteiger partial charge in [0.1, 0.15) is 5.75 Å². The SMILES string of the molecule is O=C1Nc2ccccc2OC(c2ccccc2)(C(F)(F)F)N1. The summed E-state index contributed by atoms with van der Waals surface area (Å²) in [5.41, 5.74) is -3.00. The van der Waals surface area contributed by atoms with Crippen LogP contribution in [0.5, 0.6) is 5.75 Å². The summed E-state index contributed by atoms with van der Waals surface area (Å²) < 4.78 is 46.5. The molecule has 0 aliphatic carbocycles. The van der Waals surface area contributed by atoms with Crippen molar-refractivity contribution in [2.24, 2.45) is 0 Å². The van der Waals surface area contributed by atoms with Crippen molar-refractivity contribution >= 4 is 11.7 Å². The van der Waals surface area contributed by atoms with Gasteiger partial charge < -0.3 is 10.1 Å². The molecular weight excluding hydrogens is 297 g/mol. The predicted molar refractivity (Wildman–Crippen MR) is 73.4 cm³/mol. The first-order valence-electron chi connectivity index (χ1n) is 6.42. The number of anilines is 1. The Morgan fingerprint density at radius 2 is 1.59 bits per heavy atom. The summed E-state index contributed by atoms with van der Waals surface area (Å²) in [6.45, 7) is 0. The summed E-state index contributed by atoms with van der Waals surface area (Å²) in [6.07, 6.45) is -4.86. The molecule has 1 heterocycles. The predicted octanol–water partition coefficient (Wildman–Crippen LogP) is 3.62. The second-order valence-electron chi connectivity index (χ2n) is 4.72. The van der Waals surface area contributed by atoms with Crippen LogP contribution in [0.3, 0.4) is 0 Å². The van der Waals surface area contributed by atoms with Gasteiger partial charge in [0, 0.05) is 5.56 Å². The third kappa shape index (κ3) is 2.24. The average Bonchev–Trinajstić information content (AvgIpc) is 2.63. The summed E-state index contributed by atoms with van der Waals surface area (Å²) in [6, 6.07) is 11.9. The number of carbonyl (C=O) groups excluding carboxylic acids is 1. The number of amides is 2. The molecular formula is C15H11F3N2O2. The Morgan fingerprint density at radius 1 is 0.955 bits per heavy atom. The van der Waals surface area contributed by atoms with E-state index in [1.165, 1.54) is 42.5 Å². The largest absolute Gasteiger partial charge is 0.453 e. The van der Waals surface area contributed by atoms with E-state index in [1.807, 2.05) is 5.32 Å². The Hall–Kier alpha value is -2.70. The molecule has 0 aromatic heterocycles. The van der Waals surface area contributed by atoms with E-state index in [9.17, 15) is 18.0 Å². The first-order valence-corrected chi connectivity index (χ1v) is 6.42. The molecule has 7 heteroatoms. The number of rotatable bonds is 1. The number of urea groups is 1. The van der Waals surface area contributed by atoms with Gasteiger partial charge >= 0.3 is 17.9 Å². The third-order valence-electron chi connectivity index (χ3n) is 3.27. The summed E-state index contributed by atoms with van der Waals surface area (Å²) in [5, 5.41) is 4.24. The van der Waals surface area contributed by atoms with Crippen LogP contribution in [0, 0.1) is 0 Å². The van der Waals surface area contributed by atoms with E-state index in [0.29, 0.717) is 0 Å². The molecule has 0 spiro atoms. The van der Waals surface area contributed by atoms with Crippen LogP contribution in [0.1, 0.15) is 5.56 Å². The molecule has 0 fully saturated rings.